The first-order chi connectivity index (χ1) is 7.15. The summed E-state index contributed by atoms with van der Waals surface area (Å²) in [5.74, 6) is 0. The van der Waals surface area contributed by atoms with E-state index in [2.05, 4.69) is 46.0 Å². The lowest BCUT2D eigenvalue weighted by molar-refractivity contribution is 0.326. The molecule has 1 aromatic rings. The lowest BCUT2D eigenvalue weighted by atomic mass is 10.1. The Hall–Kier alpha value is -0.380. The summed E-state index contributed by atoms with van der Waals surface area (Å²) in [5, 5.41) is 0. The van der Waals surface area contributed by atoms with Crippen molar-refractivity contribution in [2.24, 2.45) is 5.73 Å². The molecule has 1 aromatic carbocycles. The minimum atomic E-state index is 0.376. The van der Waals surface area contributed by atoms with Gasteiger partial charge in [0.05, 0.1) is 0 Å². The van der Waals surface area contributed by atoms with Crippen molar-refractivity contribution in [3.8, 4) is 0 Å². The molecule has 1 unspecified atom stereocenters. The topological polar surface area (TPSA) is 29.3 Å². The summed E-state index contributed by atoms with van der Waals surface area (Å²) in [5.41, 5.74) is 8.65. The number of halogens is 1. The van der Waals surface area contributed by atoms with Gasteiger partial charge in [-0.05, 0) is 36.6 Å². The smallest absolute Gasteiger partial charge is 0.0237 e. The van der Waals surface area contributed by atoms with Crippen molar-refractivity contribution in [2.75, 3.05) is 13.1 Å². The third-order valence-corrected chi connectivity index (χ3v) is 3.50. The van der Waals surface area contributed by atoms with Crippen molar-refractivity contribution in [3.05, 3.63) is 33.8 Å². The highest BCUT2D eigenvalue weighted by Gasteiger charge is 2.19. The Morgan fingerprint density at radius 1 is 1.53 bits per heavy atom. The van der Waals surface area contributed by atoms with Crippen LogP contribution in [0.1, 0.15) is 17.5 Å². The van der Waals surface area contributed by atoms with Gasteiger partial charge in [-0.3, -0.25) is 4.90 Å². The summed E-state index contributed by atoms with van der Waals surface area (Å²) in [4.78, 5) is 2.43. The molecule has 1 aliphatic heterocycles. The zero-order valence-electron chi connectivity index (χ0n) is 9.04. The van der Waals surface area contributed by atoms with Gasteiger partial charge in [0.2, 0.25) is 0 Å². The maximum absolute atomic E-state index is 5.89. The first-order valence-corrected chi connectivity index (χ1v) is 6.17. The van der Waals surface area contributed by atoms with Crippen LogP contribution in [-0.4, -0.2) is 24.0 Å². The zero-order valence-corrected chi connectivity index (χ0v) is 10.6. The third-order valence-electron chi connectivity index (χ3n) is 3.01. The van der Waals surface area contributed by atoms with Gasteiger partial charge in [-0.25, -0.2) is 0 Å². The minimum absolute atomic E-state index is 0.376. The molecule has 1 atom stereocenters. The molecule has 1 heterocycles. The first-order valence-electron chi connectivity index (χ1n) is 5.38. The van der Waals surface area contributed by atoms with Crippen LogP contribution >= 0.6 is 15.9 Å². The van der Waals surface area contributed by atoms with Gasteiger partial charge < -0.3 is 5.73 Å². The predicted molar refractivity (Wildman–Crippen MR) is 66.7 cm³/mol. The van der Waals surface area contributed by atoms with Gasteiger partial charge in [0.15, 0.2) is 0 Å². The van der Waals surface area contributed by atoms with Crippen LogP contribution in [0.2, 0.25) is 0 Å². The van der Waals surface area contributed by atoms with Crippen molar-refractivity contribution >= 4 is 15.9 Å². The second-order valence-electron chi connectivity index (χ2n) is 4.35. The van der Waals surface area contributed by atoms with E-state index in [1.807, 2.05) is 0 Å². The molecule has 0 spiro atoms. The largest absolute Gasteiger partial charge is 0.326 e. The Labute approximate surface area is 99.6 Å². The van der Waals surface area contributed by atoms with Gasteiger partial charge in [0.1, 0.15) is 0 Å². The molecule has 0 saturated carbocycles. The number of nitrogens with two attached hydrogens (primary N) is 1. The summed E-state index contributed by atoms with van der Waals surface area (Å²) < 4.78 is 1.15. The number of benzene rings is 1. The summed E-state index contributed by atoms with van der Waals surface area (Å²) in [6.07, 6.45) is 1.13. The van der Waals surface area contributed by atoms with E-state index in [-0.39, 0.29) is 0 Å². The Balaban J connectivity index is 2.04. The Morgan fingerprint density at radius 3 is 2.93 bits per heavy atom. The molecule has 15 heavy (non-hydrogen) atoms. The highest BCUT2D eigenvalue weighted by Crippen LogP contribution is 2.19. The molecule has 1 fully saturated rings. The van der Waals surface area contributed by atoms with Crippen LogP contribution in [-0.2, 0) is 6.54 Å². The van der Waals surface area contributed by atoms with E-state index in [1.54, 1.807) is 0 Å². The van der Waals surface area contributed by atoms with Gasteiger partial charge in [-0.2, -0.15) is 0 Å². The fourth-order valence-electron chi connectivity index (χ4n) is 2.08. The normalized spacial score (nSPS) is 22.2. The monoisotopic (exact) mass is 268 g/mol. The van der Waals surface area contributed by atoms with Crippen LogP contribution in [0.3, 0.4) is 0 Å². The number of hydrogen-bond acceptors (Lipinski definition) is 2. The molecule has 1 saturated heterocycles. The highest BCUT2D eigenvalue weighted by molar-refractivity contribution is 9.10. The Bertz CT molecular complexity index is 351. The van der Waals surface area contributed by atoms with Crippen LogP contribution in [0.15, 0.2) is 22.7 Å². The maximum atomic E-state index is 5.89. The van der Waals surface area contributed by atoms with Crippen LogP contribution in [0.25, 0.3) is 0 Å². The number of aryl methyl sites for hydroxylation is 1. The molecule has 1 aliphatic rings. The van der Waals surface area contributed by atoms with Gasteiger partial charge in [-0.15, -0.1) is 0 Å². The second kappa shape index (κ2) is 4.64. The zero-order chi connectivity index (χ0) is 10.8. The highest BCUT2D eigenvalue weighted by atomic mass is 79.9. The summed E-state index contributed by atoms with van der Waals surface area (Å²) in [6, 6.07) is 6.85. The molecule has 2 N–H and O–H groups in total. The standard InChI is InChI=1S/C12H17BrN2/c1-9-6-11(13)3-2-10(9)7-15-5-4-12(14)8-15/h2-3,6,12H,4-5,7-8,14H2,1H3. The summed E-state index contributed by atoms with van der Waals surface area (Å²) >= 11 is 3.48. The SMILES string of the molecule is Cc1cc(Br)ccc1CN1CCC(N)C1. The first kappa shape index (κ1) is 11.1. The van der Waals surface area contributed by atoms with Gasteiger partial charge in [0.25, 0.3) is 0 Å². The molecule has 3 heteroatoms. The lowest BCUT2D eigenvalue weighted by Gasteiger charge is -2.16. The van der Waals surface area contributed by atoms with E-state index < -0.39 is 0 Å². The van der Waals surface area contributed by atoms with Crippen LogP contribution < -0.4 is 5.73 Å². The van der Waals surface area contributed by atoms with E-state index >= 15 is 0 Å². The van der Waals surface area contributed by atoms with E-state index in [0.29, 0.717) is 6.04 Å². The van der Waals surface area contributed by atoms with E-state index in [1.165, 1.54) is 11.1 Å². The number of nitrogens with zero attached hydrogens (tertiary/aromatic N) is 1. The summed E-state index contributed by atoms with van der Waals surface area (Å²) in [7, 11) is 0. The fourth-order valence-corrected chi connectivity index (χ4v) is 2.56. The molecule has 82 valence electrons. The van der Waals surface area contributed by atoms with Crippen molar-refractivity contribution < 1.29 is 0 Å². The van der Waals surface area contributed by atoms with Crippen LogP contribution in [0.5, 0.6) is 0 Å². The van der Waals surface area contributed by atoms with Gasteiger partial charge in [-0.1, -0.05) is 22.0 Å². The van der Waals surface area contributed by atoms with Crippen LogP contribution in [0.4, 0.5) is 0 Å². The van der Waals surface area contributed by atoms with Crippen molar-refractivity contribution in [1.82, 2.24) is 4.90 Å². The molecule has 2 rings (SSSR count). The molecule has 0 aromatic heterocycles. The van der Waals surface area contributed by atoms with E-state index in [9.17, 15) is 0 Å². The fraction of sp³-hybridized carbons (Fsp3) is 0.500. The van der Waals surface area contributed by atoms with E-state index in [4.69, 9.17) is 5.73 Å². The van der Waals surface area contributed by atoms with Crippen molar-refractivity contribution in [2.45, 2.75) is 25.9 Å². The maximum Gasteiger partial charge on any atom is 0.0237 e. The molecule has 2 nitrogen and oxygen atoms in total. The van der Waals surface area contributed by atoms with Crippen molar-refractivity contribution in [3.63, 3.8) is 0 Å². The third kappa shape index (κ3) is 2.80. The number of likely N-dealkylation sites (tertiary alicyclic amines) is 1. The van der Waals surface area contributed by atoms with Gasteiger partial charge >= 0.3 is 0 Å². The molecular formula is C12H17BrN2. The molecule has 0 bridgehead atoms. The number of rotatable bonds is 2. The molecular weight excluding hydrogens is 252 g/mol. The molecule has 0 amide bonds. The second-order valence-corrected chi connectivity index (χ2v) is 5.27. The average Bonchev–Trinajstić information content (AvgIpc) is 2.56. The molecule has 0 aliphatic carbocycles. The van der Waals surface area contributed by atoms with Crippen molar-refractivity contribution in [1.29, 1.82) is 0 Å². The van der Waals surface area contributed by atoms with E-state index in [0.717, 1.165) is 30.5 Å². The summed E-state index contributed by atoms with van der Waals surface area (Å²) in [6.45, 7) is 5.37. The quantitative estimate of drug-likeness (QED) is 0.892. The van der Waals surface area contributed by atoms with Gasteiger partial charge in [0, 0.05) is 30.1 Å². The lowest BCUT2D eigenvalue weighted by Crippen LogP contribution is -2.26. The predicted octanol–water partition coefficient (Wildman–Crippen LogP) is 2.29. The Morgan fingerprint density at radius 2 is 2.33 bits per heavy atom. The van der Waals surface area contributed by atoms with Crippen LogP contribution in [0, 0.1) is 6.92 Å². The molecule has 0 radical (unpaired) electrons. The number of hydrogen-bond donors (Lipinski definition) is 1. The minimum Gasteiger partial charge on any atom is -0.326 e. The Kier molecular flexibility index (Phi) is 3.44. The average molecular weight is 269 g/mol.